The largest absolute Gasteiger partial charge is 0.492 e. The smallest absolute Gasteiger partial charge is 0.248 e. The molecule has 37 heavy (non-hydrogen) atoms. The predicted octanol–water partition coefficient (Wildman–Crippen LogP) is 2.37. The van der Waals surface area contributed by atoms with E-state index >= 15 is 0 Å². The summed E-state index contributed by atoms with van der Waals surface area (Å²) in [7, 11) is 1.50. The number of hydrogen-bond acceptors (Lipinski definition) is 7. The maximum atomic E-state index is 12.6. The highest BCUT2D eigenvalue weighted by Gasteiger charge is 2.37. The van der Waals surface area contributed by atoms with Crippen molar-refractivity contribution in [2.24, 2.45) is 0 Å². The summed E-state index contributed by atoms with van der Waals surface area (Å²) in [4.78, 5) is 20.7. The molecule has 1 N–H and O–H groups in total. The standard InChI is InChI=1S/C28H36N4O5/c1-23-29-12-13-31(23)16-17-36-26-10-8-24(9-11-26)18-30-14-15-32(27(33)19-35-2)21-28(34,20-30)22-37-25-6-4-3-5-7-25/h3-13,34H,14-22H2,1-2H3. The molecule has 1 aromatic heterocycles. The van der Waals surface area contributed by atoms with E-state index in [1.54, 1.807) is 11.1 Å². The number of imidazole rings is 1. The molecular formula is C28H36N4O5. The number of nitrogens with zero attached hydrogens (tertiary/aromatic N) is 4. The quantitative estimate of drug-likeness (QED) is 0.425. The molecule has 9 heteroatoms. The molecule has 1 unspecified atom stereocenters. The molecule has 198 valence electrons. The molecule has 1 fully saturated rings. The lowest BCUT2D eigenvalue weighted by Gasteiger charge is -2.33. The predicted molar refractivity (Wildman–Crippen MR) is 140 cm³/mol. The van der Waals surface area contributed by atoms with Crippen molar-refractivity contribution < 1.29 is 24.1 Å². The van der Waals surface area contributed by atoms with Gasteiger partial charge in [-0.05, 0) is 36.8 Å². The van der Waals surface area contributed by atoms with Crippen LogP contribution in [-0.4, -0.2) is 89.1 Å². The van der Waals surface area contributed by atoms with Crippen LogP contribution in [0.3, 0.4) is 0 Å². The number of rotatable bonds is 11. The summed E-state index contributed by atoms with van der Waals surface area (Å²) in [6, 6.07) is 17.4. The first-order valence-corrected chi connectivity index (χ1v) is 12.5. The second-order valence-corrected chi connectivity index (χ2v) is 9.45. The summed E-state index contributed by atoms with van der Waals surface area (Å²) in [5, 5.41) is 11.6. The number of aromatic nitrogens is 2. The topological polar surface area (TPSA) is 89.3 Å². The van der Waals surface area contributed by atoms with Gasteiger partial charge in [0, 0.05) is 45.7 Å². The zero-order valence-corrected chi connectivity index (χ0v) is 21.6. The number of amides is 1. The highest BCUT2D eigenvalue weighted by molar-refractivity contribution is 5.77. The first-order valence-electron chi connectivity index (χ1n) is 12.5. The second kappa shape index (κ2) is 12.7. The van der Waals surface area contributed by atoms with E-state index in [-0.39, 0.29) is 25.7 Å². The van der Waals surface area contributed by atoms with Crippen LogP contribution >= 0.6 is 0 Å². The van der Waals surface area contributed by atoms with E-state index in [1.807, 2.05) is 67.7 Å². The molecule has 0 saturated carbocycles. The maximum Gasteiger partial charge on any atom is 0.248 e. The maximum absolute atomic E-state index is 12.6. The van der Waals surface area contributed by atoms with E-state index in [0.717, 1.165) is 23.7 Å². The number of benzene rings is 2. The van der Waals surface area contributed by atoms with Crippen LogP contribution in [0.15, 0.2) is 67.0 Å². The molecule has 1 saturated heterocycles. The molecule has 0 bridgehead atoms. The Morgan fingerprint density at radius 2 is 1.78 bits per heavy atom. The lowest BCUT2D eigenvalue weighted by Crippen LogP contribution is -2.52. The SMILES string of the molecule is COCC(=O)N1CCN(Cc2ccc(OCCn3ccnc3C)cc2)CC(O)(COc2ccccc2)C1. The van der Waals surface area contributed by atoms with Crippen LogP contribution in [0.1, 0.15) is 11.4 Å². The third kappa shape index (κ3) is 7.79. The Balaban J connectivity index is 1.37. The third-order valence-corrected chi connectivity index (χ3v) is 6.41. The van der Waals surface area contributed by atoms with Crippen molar-refractivity contribution in [2.45, 2.75) is 25.6 Å². The molecule has 0 spiro atoms. The normalized spacial score (nSPS) is 18.4. The molecular weight excluding hydrogens is 472 g/mol. The van der Waals surface area contributed by atoms with Gasteiger partial charge in [0.15, 0.2) is 0 Å². The van der Waals surface area contributed by atoms with E-state index in [9.17, 15) is 9.90 Å². The van der Waals surface area contributed by atoms with E-state index in [2.05, 4.69) is 14.5 Å². The van der Waals surface area contributed by atoms with Crippen LogP contribution in [-0.2, 0) is 22.6 Å². The van der Waals surface area contributed by atoms with Gasteiger partial charge in [0.05, 0.1) is 13.1 Å². The van der Waals surface area contributed by atoms with Crippen LogP contribution in [0.5, 0.6) is 11.5 Å². The van der Waals surface area contributed by atoms with Gasteiger partial charge in [-0.3, -0.25) is 9.69 Å². The lowest BCUT2D eigenvalue weighted by atomic mass is 10.0. The fraction of sp³-hybridized carbons (Fsp3) is 0.429. The fourth-order valence-electron chi connectivity index (χ4n) is 4.48. The average molecular weight is 509 g/mol. The average Bonchev–Trinajstić information content (AvgIpc) is 3.23. The molecule has 1 aliphatic rings. The summed E-state index contributed by atoms with van der Waals surface area (Å²) in [5.41, 5.74) is -0.134. The highest BCUT2D eigenvalue weighted by atomic mass is 16.5. The molecule has 9 nitrogen and oxygen atoms in total. The van der Waals surface area contributed by atoms with Gasteiger partial charge in [0.1, 0.15) is 42.7 Å². The molecule has 0 aliphatic carbocycles. The third-order valence-electron chi connectivity index (χ3n) is 6.41. The van der Waals surface area contributed by atoms with Crippen LogP contribution in [0.4, 0.5) is 0 Å². The van der Waals surface area contributed by atoms with Gasteiger partial charge in [-0.15, -0.1) is 0 Å². The van der Waals surface area contributed by atoms with Gasteiger partial charge < -0.3 is 28.8 Å². The van der Waals surface area contributed by atoms with Crippen molar-refractivity contribution in [3.05, 3.63) is 78.4 Å². The summed E-state index contributed by atoms with van der Waals surface area (Å²) < 4.78 is 18.9. The lowest BCUT2D eigenvalue weighted by molar-refractivity contribution is -0.138. The van der Waals surface area contributed by atoms with Gasteiger partial charge >= 0.3 is 0 Å². The van der Waals surface area contributed by atoms with Gasteiger partial charge in [0.25, 0.3) is 0 Å². The Labute approximate surface area is 218 Å². The Kier molecular flexibility index (Phi) is 9.16. The Bertz CT molecular complexity index is 1120. The van der Waals surface area contributed by atoms with Crippen LogP contribution in [0.2, 0.25) is 0 Å². The Morgan fingerprint density at radius 1 is 1.03 bits per heavy atom. The first kappa shape index (κ1) is 26.7. The first-order chi connectivity index (χ1) is 17.9. The molecule has 1 atom stereocenters. The van der Waals surface area contributed by atoms with Crippen LogP contribution < -0.4 is 9.47 Å². The van der Waals surface area contributed by atoms with Crippen LogP contribution in [0, 0.1) is 6.92 Å². The minimum atomic E-state index is -1.23. The molecule has 2 aromatic carbocycles. The minimum Gasteiger partial charge on any atom is -0.492 e. The molecule has 3 aromatic rings. The number of aryl methyl sites for hydroxylation is 1. The summed E-state index contributed by atoms with van der Waals surface area (Å²) >= 11 is 0. The number of hydrogen-bond donors (Lipinski definition) is 1. The zero-order valence-electron chi connectivity index (χ0n) is 21.6. The summed E-state index contributed by atoms with van der Waals surface area (Å²) in [6.07, 6.45) is 3.73. The minimum absolute atomic E-state index is 0.0164. The summed E-state index contributed by atoms with van der Waals surface area (Å²) in [6.45, 7) is 5.65. The summed E-state index contributed by atoms with van der Waals surface area (Å²) in [5.74, 6) is 2.31. The van der Waals surface area contributed by atoms with Crippen molar-refractivity contribution in [3.63, 3.8) is 0 Å². The number of carbonyl (C=O) groups excluding carboxylic acids is 1. The van der Waals surface area contributed by atoms with Crippen molar-refractivity contribution in [1.82, 2.24) is 19.4 Å². The van der Waals surface area contributed by atoms with Gasteiger partial charge in [-0.2, -0.15) is 0 Å². The van der Waals surface area contributed by atoms with E-state index in [4.69, 9.17) is 14.2 Å². The highest BCUT2D eigenvalue weighted by Crippen LogP contribution is 2.21. The number of para-hydroxylation sites is 1. The zero-order chi connectivity index (χ0) is 26.1. The number of β-amino-alcohol motifs (C(OH)–C–C–N with tert-alkyl or cyclic N) is 1. The molecule has 2 heterocycles. The van der Waals surface area contributed by atoms with Gasteiger partial charge in [0.2, 0.25) is 5.91 Å². The van der Waals surface area contributed by atoms with Crippen LogP contribution in [0.25, 0.3) is 0 Å². The second-order valence-electron chi connectivity index (χ2n) is 9.45. The monoisotopic (exact) mass is 508 g/mol. The Morgan fingerprint density at radius 3 is 2.49 bits per heavy atom. The molecule has 1 amide bonds. The van der Waals surface area contributed by atoms with Crippen molar-refractivity contribution in [2.75, 3.05) is 53.1 Å². The van der Waals surface area contributed by atoms with E-state index < -0.39 is 5.60 Å². The van der Waals surface area contributed by atoms with Gasteiger partial charge in [-0.25, -0.2) is 4.98 Å². The number of ether oxygens (including phenoxy) is 3. The Hall–Kier alpha value is -3.40. The van der Waals surface area contributed by atoms with Crippen molar-refractivity contribution in [1.29, 1.82) is 0 Å². The van der Waals surface area contributed by atoms with E-state index in [0.29, 0.717) is 38.5 Å². The van der Waals surface area contributed by atoms with E-state index in [1.165, 1.54) is 7.11 Å². The number of aliphatic hydroxyl groups is 1. The molecule has 1 aliphatic heterocycles. The number of methoxy groups -OCH3 is 1. The molecule has 4 rings (SSSR count). The van der Waals surface area contributed by atoms with Crippen molar-refractivity contribution in [3.8, 4) is 11.5 Å². The number of carbonyl (C=O) groups is 1. The van der Waals surface area contributed by atoms with Crippen molar-refractivity contribution >= 4 is 5.91 Å². The molecule has 0 radical (unpaired) electrons. The fourth-order valence-corrected chi connectivity index (χ4v) is 4.48. The van der Waals surface area contributed by atoms with Gasteiger partial charge in [-0.1, -0.05) is 30.3 Å².